The number of benzene rings is 2. The van der Waals surface area contributed by atoms with Gasteiger partial charge in [-0.3, -0.25) is 15.0 Å². The lowest BCUT2D eigenvalue weighted by molar-refractivity contribution is -0.138. The Morgan fingerprint density at radius 3 is 2.60 bits per heavy atom. The fourth-order valence-electron chi connectivity index (χ4n) is 2.74. The molecule has 1 atom stereocenters. The highest BCUT2D eigenvalue weighted by Crippen LogP contribution is 2.23. The first kappa shape index (κ1) is 16.8. The lowest BCUT2D eigenvalue weighted by Crippen LogP contribution is -2.50. The van der Waals surface area contributed by atoms with E-state index in [1.165, 1.54) is 0 Å². The Bertz CT molecular complexity index is 846. The number of urea groups is 1. The molecule has 0 unspecified atom stereocenters. The summed E-state index contributed by atoms with van der Waals surface area (Å²) < 4.78 is 0. The zero-order chi connectivity index (χ0) is 18.0. The molecule has 0 aliphatic carbocycles. The molecule has 0 aromatic heterocycles. The Kier molecular flexibility index (Phi) is 4.31. The molecule has 1 aliphatic heterocycles. The van der Waals surface area contributed by atoms with Gasteiger partial charge in [0, 0.05) is 11.1 Å². The second-order valence-electron chi connectivity index (χ2n) is 6.17. The van der Waals surface area contributed by atoms with Gasteiger partial charge in [0.05, 0.1) is 6.54 Å². The van der Waals surface area contributed by atoms with Gasteiger partial charge in [0.15, 0.2) is 0 Å². The zero-order valence-electron chi connectivity index (χ0n) is 14.1. The highest BCUT2D eigenvalue weighted by Gasteiger charge is 2.47. The van der Waals surface area contributed by atoms with Crippen molar-refractivity contribution in [1.29, 1.82) is 0 Å². The van der Waals surface area contributed by atoms with E-state index in [1.807, 2.05) is 42.5 Å². The molecule has 7 heteroatoms. The van der Waals surface area contributed by atoms with E-state index in [4.69, 9.17) is 0 Å². The number of carbonyl (C=O) groups is 3. The number of nitrogens with zero attached hydrogens (tertiary/aromatic N) is 1. The number of imide groups is 1. The molecule has 7 nitrogen and oxygen atoms in total. The SMILES string of the molecule is CC[C@@]1(C)NC(=O)N(NC(=O)CNc2cccc3ccccc23)C1=O. The number of rotatable bonds is 5. The Labute approximate surface area is 145 Å². The lowest BCUT2D eigenvalue weighted by atomic mass is 10.00. The molecule has 25 heavy (non-hydrogen) atoms. The molecule has 3 rings (SSSR count). The Morgan fingerprint density at radius 1 is 1.16 bits per heavy atom. The summed E-state index contributed by atoms with van der Waals surface area (Å²) in [6, 6.07) is 12.9. The van der Waals surface area contributed by atoms with Crippen LogP contribution >= 0.6 is 0 Å². The maximum Gasteiger partial charge on any atom is 0.344 e. The summed E-state index contributed by atoms with van der Waals surface area (Å²) in [6.45, 7) is 3.37. The number of hydrazine groups is 1. The first-order valence-corrected chi connectivity index (χ1v) is 8.12. The van der Waals surface area contributed by atoms with E-state index in [0.717, 1.165) is 21.5 Å². The van der Waals surface area contributed by atoms with Crippen LogP contribution in [0.15, 0.2) is 42.5 Å². The highest BCUT2D eigenvalue weighted by molar-refractivity contribution is 6.07. The van der Waals surface area contributed by atoms with Crippen LogP contribution in [0.2, 0.25) is 0 Å². The molecule has 2 aromatic rings. The largest absolute Gasteiger partial charge is 0.376 e. The maximum atomic E-state index is 12.3. The third-order valence-corrected chi connectivity index (χ3v) is 4.43. The van der Waals surface area contributed by atoms with Crippen molar-refractivity contribution < 1.29 is 14.4 Å². The number of nitrogens with one attached hydrogen (secondary N) is 3. The molecular weight excluding hydrogens is 320 g/mol. The minimum atomic E-state index is -0.979. The van der Waals surface area contributed by atoms with Gasteiger partial charge in [-0.15, -0.1) is 0 Å². The van der Waals surface area contributed by atoms with E-state index < -0.39 is 23.4 Å². The number of hydrogen-bond acceptors (Lipinski definition) is 4. The molecule has 4 amide bonds. The van der Waals surface area contributed by atoms with Crippen molar-refractivity contribution in [2.75, 3.05) is 11.9 Å². The number of amides is 4. The van der Waals surface area contributed by atoms with Crippen molar-refractivity contribution in [2.24, 2.45) is 0 Å². The summed E-state index contributed by atoms with van der Waals surface area (Å²) in [5.74, 6) is -0.935. The number of fused-ring (bicyclic) bond motifs is 1. The zero-order valence-corrected chi connectivity index (χ0v) is 14.1. The summed E-state index contributed by atoms with van der Waals surface area (Å²) in [7, 11) is 0. The lowest BCUT2D eigenvalue weighted by Gasteiger charge is -2.19. The molecule has 130 valence electrons. The van der Waals surface area contributed by atoms with Gasteiger partial charge in [0.2, 0.25) is 0 Å². The second kappa shape index (κ2) is 6.43. The van der Waals surface area contributed by atoms with Gasteiger partial charge in [-0.05, 0) is 24.8 Å². The molecule has 3 N–H and O–H groups in total. The minimum Gasteiger partial charge on any atom is -0.376 e. The first-order valence-electron chi connectivity index (χ1n) is 8.12. The van der Waals surface area contributed by atoms with Gasteiger partial charge in [-0.1, -0.05) is 43.3 Å². The van der Waals surface area contributed by atoms with Gasteiger partial charge in [0.25, 0.3) is 11.8 Å². The van der Waals surface area contributed by atoms with E-state index in [1.54, 1.807) is 13.8 Å². The van der Waals surface area contributed by atoms with Crippen molar-refractivity contribution in [1.82, 2.24) is 15.8 Å². The summed E-state index contributed by atoms with van der Waals surface area (Å²) in [5, 5.41) is 8.42. The summed E-state index contributed by atoms with van der Waals surface area (Å²) in [5.41, 5.74) is 2.19. The molecule has 1 heterocycles. The van der Waals surface area contributed by atoms with Crippen LogP contribution in [-0.2, 0) is 9.59 Å². The van der Waals surface area contributed by atoms with Gasteiger partial charge in [0.1, 0.15) is 5.54 Å². The van der Waals surface area contributed by atoms with Gasteiger partial charge in [-0.2, -0.15) is 5.01 Å². The van der Waals surface area contributed by atoms with Gasteiger partial charge < -0.3 is 10.6 Å². The van der Waals surface area contributed by atoms with Gasteiger partial charge in [-0.25, -0.2) is 4.79 Å². The third kappa shape index (κ3) is 3.13. The number of carbonyl (C=O) groups excluding carboxylic acids is 3. The van der Waals surface area contributed by atoms with Crippen LogP contribution in [0, 0.1) is 0 Å². The predicted molar refractivity (Wildman–Crippen MR) is 94.7 cm³/mol. The fraction of sp³-hybridized carbons (Fsp3) is 0.278. The van der Waals surface area contributed by atoms with E-state index in [2.05, 4.69) is 16.1 Å². The molecule has 1 saturated heterocycles. The summed E-state index contributed by atoms with van der Waals surface area (Å²) in [4.78, 5) is 36.3. The van der Waals surface area contributed by atoms with E-state index >= 15 is 0 Å². The number of anilines is 1. The topological polar surface area (TPSA) is 90.5 Å². The normalized spacial score (nSPS) is 19.8. The van der Waals surface area contributed by atoms with Crippen molar-refractivity contribution >= 4 is 34.3 Å². The van der Waals surface area contributed by atoms with Crippen LogP contribution in [0.5, 0.6) is 0 Å². The highest BCUT2D eigenvalue weighted by atomic mass is 16.2. The Morgan fingerprint density at radius 2 is 1.88 bits per heavy atom. The molecule has 0 spiro atoms. The van der Waals surface area contributed by atoms with Crippen LogP contribution in [0.4, 0.5) is 10.5 Å². The maximum absolute atomic E-state index is 12.3. The van der Waals surface area contributed by atoms with Crippen molar-refractivity contribution in [3.8, 4) is 0 Å². The van der Waals surface area contributed by atoms with E-state index in [9.17, 15) is 14.4 Å². The fourth-order valence-corrected chi connectivity index (χ4v) is 2.74. The van der Waals surface area contributed by atoms with Crippen LogP contribution in [-0.4, -0.2) is 34.9 Å². The number of hydrogen-bond donors (Lipinski definition) is 3. The standard InChI is InChI=1S/C18H20N4O3/c1-3-18(2)16(24)22(17(25)20-18)21-15(23)11-19-14-10-6-8-12-7-4-5-9-13(12)14/h4-10,19H,3,11H2,1-2H3,(H,20,25)(H,21,23)/t18-/m1/s1. The first-order chi connectivity index (χ1) is 11.9. The van der Waals surface area contributed by atoms with Crippen LogP contribution in [0.3, 0.4) is 0 Å². The van der Waals surface area contributed by atoms with Crippen molar-refractivity contribution in [3.63, 3.8) is 0 Å². The summed E-state index contributed by atoms with van der Waals surface area (Å²) in [6.07, 6.45) is 0.443. The summed E-state index contributed by atoms with van der Waals surface area (Å²) >= 11 is 0. The Hall–Kier alpha value is -3.09. The Balaban J connectivity index is 1.65. The minimum absolute atomic E-state index is 0.0616. The van der Waals surface area contributed by atoms with Crippen molar-refractivity contribution in [3.05, 3.63) is 42.5 Å². The van der Waals surface area contributed by atoms with Gasteiger partial charge >= 0.3 is 6.03 Å². The average Bonchev–Trinajstić information content (AvgIpc) is 2.83. The van der Waals surface area contributed by atoms with Crippen LogP contribution in [0.1, 0.15) is 20.3 Å². The quantitative estimate of drug-likeness (QED) is 0.726. The third-order valence-electron chi connectivity index (χ3n) is 4.43. The van der Waals surface area contributed by atoms with Crippen molar-refractivity contribution in [2.45, 2.75) is 25.8 Å². The molecule has 1 fully saturated rings. The molecule has 0 bridgehead atoms. The molecule has 2 aromatic carbocycles. The molecular formula is C18H20N4O3. The molecule has 0 saturated carbocycles. The smallest absolute Gasteiger partial charge is 0.344 e. The van der Waals surface area contributed by atoms with E-state index in [-0.39, 0.29) is 6.54 Å². The monoisotopic (exact) mass is 340 g/mol. The molecule has 1 aliphatic rings. The van der Waals surface area contributed by atoms with Crippen LogP contribution in [0.25, 0.3) is 10.8 Å². The average molecular weight is 340 g/mol. The van der Waals surface area contributed by atoms with E-state index in [0.29, 0.717) is 6.42 Å². The predicted octanol–water partition coefficient (Wildman–Crippen LogP) is 2.00. The molecule has 0 radical (unpaired) electrons. The van der Waals surface area contributed by atoms with Crippen LogP contribution < -0.4 is 16.1 Å². The second-order valence-corrected chi connectivity index (χ2v) is 6.17.